The lowest BCUT2D eigenvalue weighted by Crippen LogP contribution is -2.32. The zero-order valence-electron chi connectivity index (χ0n) is 11.9. The Hall–Kier alpha value is -0.570. The maximum absolute atomic E-state index is 11.6. The number of rotatable bonds is 3. The van der Waals surface area contributed by atoms with Crippen molar-refractivity contribution in [1.29, 1.82) is 0 Å². The zero-order valence-corrected chi connectivity index (χ0v) is 11.9. The summed E-state index contributed by atoms with van der Waals surface area (Å²) in [7, 11) is 0. The maximum atomic E-state index is 11.6. The van der Waals surface area contributed by atoms with Gasteiger partial charge in [-0.25, -0.2) is 0 Å². The molecule has 0 aromatic rings. The second-order valence-corrected chi connectivity index (χ2v) is 4.93. The summed E-state index contributed by atoms with van der Waals surface area (Å²) in [5, 5.41) is 0. The molecule has 2 aliphatic rings. The lowest BCUT2D eigenvalue weighted by atomic mass is 10.0. The summed E-state index contributed by atoms with van der Waals surface area (Å²) >= 11 is 0. The molecule has 0 saturated carbocycles. The number of carbonyl (C=O) groups is 1. The van der Waals surface area contributed by atoms with Gasteiger partial charge in [0.05, 0.1) is 0 Å². The molecule has 3 heteroatoms. The number of fused-ring (bicyclic) bond motifs is 1. The number of carbonyl (C=O) groups excluding carboxylic acids is 1. The first-order valence-corrected chi connectivity index (χ1v) is 7.24. The van der Waals surface area contributed by atoms with E-state index in [4.69, 9.17) is 0 Å². The van der Waals surface area contributed by atoms with Crippen LogP contribution < -0.4 is 0 Å². The highest BCUT2D eigenvalue weighted by atomic mass is 16.2. The third-order valence-electron chi connectivity index (χ3n) is 3.76. The highest BCUT2D eigenvalue weighted by Crippen LogP contribution is 2.31. The first kappa shape index (κ1) is 14.5. The second kappa shape index (κ2) is 7.00. The summed E-state index contributed by atoms with van der Waals surface area (Å²) in [4.78, 5) is 16.2. The van der Waals surface area contributed by atoms with Gasteiger partial charge in [0.2, 0.25) is 5.91 Å². The summed E-state index contributed by atoms with van der Waals surface area (Å²) in [6.07, 6.45) is 1.91. The lowest BCUT2D eigenvalue weighted by molar-refractivity contribution is -0.130. The van der Waals surface area contributed by atoms with Crippen molar-refractivity contribution < 1.29 is 4.79 Å². The lowest BCUT2D eigenvalue weighted by Gasteiger charge is -2.20. The van der Waals surface area contributed by atoms with E-state index in [2.05, 4.69) is 16.7 Å². The molecular formula is C14H28N2O. The van der Waals surface area contributed by atoms with Crippen molar-refractivity contribution >= 4 is 5.91 Å². The fourth-order valence-corrected chi connectivity index (χ4v) is 3.02. The van der Waals surface area contributed by atoms with Gasteiger partial charge in [0.15, 0.2) is 0 Å². The van der Waals surface area contributed by atoms with Crippen LogP contribution in [-0.4, -0.2) is 48.4 Å². The van der Waals surface area contributed by atoms with Crippen LogP contribution in [0.15, 0.2) is 0 Å². The maximum Gasteiger partial charge on any atom is 0.222 e. The molecule has 2 atom stereocenters. The Labute approximate surface area is 106 Å². The van der Waals surface area contributed by atoms with Crippen molar-refractivity contribution in [3.8, 4) is 0 Å². The van der Waals surface area contributed by atoms with Crippen LogP contribution in [0, 0.1) is 11.8 Å². The monoisotopic (exact) mass is 240 g/mol. The topological polar surface area (TPSA) is 23.6 Å². The van der Waals surface area contributed by atoms with Gasteiger partial charge in [0.25, 0.3) is 0 Å². The van der Waals surface area contributed by atoms with Gasteiger partial charge in [0, 0.05) is 32.6 Å². The molecule has 0 radical (unpaired) electrons. The number of amides is 1. The van der Waals surface area contributed by atoms with Crippen molar-refractivity contribution in [3.63, 3.8) is 0 Å². The fourth-order valence-electron chi connectivity index (χ4n) is 3.02. The Balaban J connectivity index is 0.000000686. The first-order chi connectivity index (χ1) is 8.24. The van der Waals surface area contributed by atoms with Crippen LogP contribution in [0.3, 0.4) is 0 Å². The summed E-state index contributed by atoms with van der Waals surface area (Å²) < 4.78 is 0. The van der Waals surface area contributed by atoms with Gasteiger partial charge in [-0.05, 0) is 24.8 Å². The van der Waals surface area contributed by atoms with Gasteiger partial charge >= 0.3 is 0 Å². The van der Waals surface area contributed by atoms with E-state index in [0.29, 0.717) is 12.3 Å². The van der Waals surface area contributed by atoms with Gasteiger partial charge in [-0.2, -0.15) is 0 Å². The molecule has 17 heavy (non-hydrogen) atoms. The molecule has 0 aromatic carbocycles. The predicted octanol–water partition coefficient (Wildman–Crippen LogP) is 2.22. The Kier molecular flexibility index (Phi) is 5.96. The average Bonchev–Trinajstić information content (AvgIpc) is 2.89. The minimum Gasteiger partial charge on any atom is -0.342 e. The molecule has 0 N–H and O–H groups in total. The van der Waals surface area contributed by atoms with Crippen LogP contribution in [-0.2, 0) is 4.79 Å². The predicted molar refractivity (Wildman–Crippen MR) is 71.9 cm³/mol. The van der Waals surface area contributed by atoms with E-state index in [-0.39, 0.29) is 0 Å². The molecule has 2 fully saturated rings. The third kappa shape index (κ3) is 3.44. The van der Waals surface area contributed by atoms with Crippen molar-refractivity contribution in [2.75, 3.05) is 32.7 Å². The molecule has 0 aliphatic carbocycles. The molecule has 2 rings (SSSR count). The second-order valence-electron chi connectivity index (χ2n) is 4.93. The van der Waals surface area contributed by atoms with Crippen molar-refractivity contribution in [1.82, 2.24) is 9.80 Å². The Morgan fingerprint density at radius 3 is 2.00 bits per heavy atom. The van der Waals surface area contributed by atoms with E-state index in [0.717, 1.165) is 24.9 Å². The van der Waals surface area contributed by atoms with Crippen LogP contribution in [0.2, 0.25) is 0 Å². The van der Waals surface area contributed by atoms with Crippen molar-refractivity contribution in [3.05, 3.63) is 0 Å². The molecule has 0 spiro atoms. The molecule has 2 saturated heterocycles. The summed E-state index contributed by atoms with van der Waals surface area (Å²) in [6, 6.07) is 0. The minimum absolute atomic E-state index is 0.339. The van der Waals surface area contributed by atoms with Gasteiger partial charge in [-0.3, -0.25) is 4.79 Å². The normalized spacial score (nSPS) is 27.6. The van der Waals surface area contributed by atoms with Gasteiger partial charge in [-0.15, -0.1) is 0 Å². The average molecular weight is 240 g/mol. The van der Waals surface area contributed by atoms with Crippen LogP contribution in [0.25, 0.3) is 0 Å². The molecule has 2 aliphatic heterocycles. The molecule has 2 heterocycles. The highest BCUT2D eigenvalue weighted by Gasteiger charge is 2.40. The highest BCUT2D eigenvalue weighted by molar-refractivity contribution is 5.76. The van der Waals surface area contributed by atoms with Crippen LogP contribution in [0.5, 0.6) is 0 Å². The fraction of sp³-hybridized carbons (Fsp3) is 0.929. The summed E-state index contributed by atoms with van der Waals surface area (Å²) in [6.45, 7) is 13.9. The zero-order chi connectivity index (χ0) is 12.8. The van der Waals surface area contributed by atoms with Gasteiger partial charge < -0.3 is 9.80 Å². The van der Waals surface area contributed by atoms with Crippen molar-refractivity contribution in [2.45, 2.75) is 40.5 Å². The number of hydrogen-bond acceptors (Lipinski definition) is 2. The Bertz CT molecular complexity index is 228. The van der Waals surface area contributed by atoms with E-state index < -0.39 is 0 Å². The van der Waals surface area contributed by atoms with Crippen molar-refractivity contribution in [2.24, 2.45) is 11.8 Å². The molecule has 100 valence electrons. The number of hydrogen-bond donors (Lipinski definition) is 0. The third-order valence-corrected chi connectivity index (χ3v) is 3.76. The van der Waals surface area contributed by atoms with E-state index in [1.807, 2.05) is 20.8 Å². The van der Waals surface area contributed by atoms with E-state index >= 15 is 0 Å². The van der Waals surface area contributed by atoms with Gasteiger partial charge in [-0.1, -0.05) is 27.7 Å². The Morgan fingerprint density at radius 2 is 1.59 bits per heavy atom. The largest absolute Gasteiger partial charge is 0.342 e. The number of likely N-dealkylation sites (tertiary alicyclic amines) is 2. The Morgan fingerprint density at radius 1 is 1.06 bits per heavy atom. The van der Waals surface area contributed by atoms with Crippen LogP contribution in [0.4, 0.5) is 0 Å². The molecule has 1 amide bonds. The summed E-state index contributed by atoms with van der Waals surface area (Å²) in [5.74, 6) is 1.85. The quantitative estimate of drug-likeness (QED) is 0.755. The van der Waals surface area contributed by atoms with E-state index in [9.17, 15) is 4.79 Å². The van der Waals surface area contributed by atoms with E-state index in [1.165, 1.54) is 26.1 Å². The molecule has 0 bridgehead atoms. The number of nitrogens with zero attached hydrogens (tertiary/aromatic N) is 2. The van der Waals surface area contributed by atoms with Gasteiger partial charge in [0.1, 0.15) is 0 Å². The van der Waals surface area contributed by atoms with Crippen LogP contribution >= 0.6 is 0 Å². The molecular weight excluding hydrogens is 212 g/mol. The summed E-state index contributed by atoms with van der Waals surface area (Å²) in [5.41, 5.74) is 0. The van der Waals surface area contributed by atoms with Crippen LogP contribution in [0.1, 0.15) is 40.5 Å². The molecule has 1 unspecified atom stereocenters. The molecule has 3 nitrogen and oxygen atoms in total. The minimum atomic E-state index is 0.339. The van der Waals surface area contributed by atoms with E-state index in [1.54, 1.807) is 0 Å². The SMILES string of the molecule is CC.CCCN1CC2CN(C(=O)CC)C[C@H]2C1. The smallest absolute Gasteiger partial charge is 0.222 e. The first-order valence-electron chi connectivity index (χ1n) is 7.24. The standard InChI is InChI=1S/C12H22N2O.C2H6/c1-3-5-13-6-10-8-14(12(15)4-2)9-11(10)7-13;1-2/h10-11H,3-9H2,1-2H3;1-2H3/t10-,11?;/m1./s1. The molecule has 0 aromatic heterocycles.